The average Bonchev–Trinajstić information content (AvgIpc) is 2.55. The molecular formula is C17H26N2O2. The van der Waals surface area contributed by atoms with Crippen molar-refractivity contribution in [3.05, 3.63) is 28.8 Å². The van der Waals surface area contributed by atoms with Crippen molar-refractivity contribution in [1.82, 2.24) is 4.90 Å². The van der Waals surface area contributed by atoms with Crippen LogP contribution < -0.4 is 10.5 Å². The molecule has 116 valence electrons. The molecule has 0 radical (unpaired) electrons. The molecule has 1 aliphatic carbocycles. The number of rotatable bonds is 3. The van der Waals surface area contributed by atoms with Crippen LogP contribution in [0.4, 0.5) is 0 Å². The molecule has 1 aromatic rings. The van der Waals surface area contributed by atoms with E-state index in [0.29, 0.717) is 6.54 Å². The molecule has 4 nitrogen and oxygen atoms in total. The quantitative estimate of drug-likeness (QED) is 0.922. The first-order valence-corrected chi connectivity index (χ1v) is 7.93. The molecule has 0 bridgehead atoms. The Kier molecular flexibility index (Phi) is 4.20. The van der Waals surface area contributed by atoms with Crippen molar-refractivity contribution < 1.29 is 9.47 Å². The number of morpholine rings is 1. The Morgan fingerprint density at radius 1 is 1.33 bits per heavy atom. The highest BCUT2D eigenvalue weighted by atomic mass is 16.5. The minimum atomic E-state index is -0.0456. The molecular weight excluding hydrogens is 264 g/mol. The molecule has 4 heteroatoms. The van der Waals surface area contributed by atoms with Crippen molar-refractivity contribution in [2.45, 2.75) is 31.7 Å². The second-order valence-corrected chi connectivity index (χ2v) is 6.13. The highest BCUT2D eigenvalue weighted by molar-refractivity contribution is 5.50. The first-order valence-electron chi connectivity index (χ1n) is 7.93. The predicted molar refractivity (Wildman–Crippen MR) is 83.8 cm³/mol. The monoisotopic (exact) mass is 290 g/mol. The molecule has 1 heterocycles. The van der Waals surface area contributed by atoms with Crippen LogP contribution in [0.5, 0.6) is 5.75 Å². The number of methoxy groups -OCH3 is 1. The lowest BCUT2D eigenvalue weighted by Gasteiger charge is -2.49. The third kappa shape index (κ3) is 2.35. The maximum atomic E-state index is 6.32. The lowest BCUT2D eigenvalue weighted by Crippen LogP contribution is -2.57. The number of fused-ring (bicyclic) bond motifs is 1. The predicted octanol–water partition coefficient (Wildman–Crippen LogP) is 1.83. The minimum Gasteiger partial charge on any atom is -0.496 e. The number of benzene rings is 1. The van der Waals surface area contributed by atoms with E-state index >= 15 is 0 Å². The van der Waals surface area contributed by atoms with E-state index in [1.54, 1.807) is 7.11 Å². The fraction of sp³-hybridized carbons (Fsp3) is 0.647. The molecule has 2 N–H and O–H groups in total. The molecule has 1 saturated heterocycles. The van der Waals surface area contributed by atoms with Gasteiger partial charge < -0.3 is 15.2 Å². The summed E-state index contributed by atoms with van der Waals surface area (Å²) in [6, 6.07) is 4.27. The topological polar surface area (TPSA) is 47.7 Å². The largest absolute Gasteiger partial charge is 0.496 e. The zero-order valence-corrected chi connectivity index (χ0v) is 13.2. The van der Waals surface area contributed by atoms with E-state index in [2.05, 4.69) is 24.0 Å². The van der Waals surface area contributed by atoms with Crippen molar-refractivity contribution in [3.8, 4) is 5.75 Å². The Balaban J connectivity index is 2.12. The van der Waals surface area contributed by atoms with Crippen LogP contribution in [-0.2, 0) is 16.7 Å². The van der Waals surface area contributed by atoms with Crippen molar-refractivity contribution in [3.63, 3.8) is 0 Å². The zero-order valence-electron chi connectivity index (χ0n) is 13.2. The van der Waals surface area contributed by atoms with Crippen LogP contribution in [0, 0.1) is 6.92 Å². The van der Waals surface area contributed by atoms with E-state index in [1.165, 1.54) is 23.1 Å². The Morgan fingerprint density at radius 3 is 2.76 bits per heavy atom. The van der Waals surface area contributed by atoms with Gasteiger partial charge in [-0.1, -0.05) is 6.07 Å². The number of nitrogens with two attached hydrogens (primary N) is 1. The van der Waals surface area contributed by atoms with Gasteiger partial charge in [-0.15, -0.1) is 0 Å². The normalized spacial score (nSPS) is 26.4. The van der Waals surface area contributed by atoms with E-state index in [0.717, 1.165) is 44.9 Å². The molecule has 1 atom stereocenters. The van der Waals surface area contributed by atoms with Crippen LogP contribution in [-0.4, -0.2) is 44.9 Å². The molecule has 1 fully saturated rings. The SMILES string of the molecule is COc1ccc(C)c2c1CCCC2(CN)N1CCOCC1. The standard InChI is InChI=1S/C17H26N2O2/c1-13-5-6-15(20-2)14-4-3-7-17(12-18,16(13)14)19-8-10-21-11-9-19/h5-6H,3-4,7-12,18H2,1-2H3. The van der Waals surface area contributed by atoms with Crippen molar-refractivity contribution in [1.29, 1.82) is 0 Å². The summed E-state index contributed by atoms with van der Waals surface area (Å²) in [7, 11) is 1.76. The summed E-state index contributed by atoms with van der Waals surface area (Å²) in [4.78, 5) is 2.54. The van der Waals surface area contributed by atoms with E-state index in [9.17, 15) is 0 Å². The van der Waals surface area contributed by atoms with Gasteiger partial charge in [-0.05, 0) is 48.9 Å². The zero-order chi connectivity index (χ0) is 14.9. The first-order chi connectivity index (χ1) is 10.2. The van der Waals surface area contributed by atoms with Gasteiger partial charge in [-0.2, -0.15) is 0 Å². The van der Waals surface area contributed by atoms with Gasteiger partial charge in [0.15, 0.2) is 0 Å². The molecule has 1 unspecified atom stereocenters. The Bertz CT molecular complexity index is 512. The lowest BCUT2D eigenvalue weighted by atomic mass is 9.72. The number of aryl methyl sites for hydroxylation is 1. The van der Waals surface area contributed by atoms with Crippen molar-refractivity contribution >= 4 is 0 Å². The fourth-order valence-electron chi connectivity index (χ4n) is 4.16. The van der Waals surface area contributed by atoms with Gasteiger partial charge in [0.25, 0.3) is 0 Å². The highest BCUT2D eigenvalue weighted by Gasteiger charge is 2.43. The molecule has 1 aromatic carbocycles. The second kappa shape index (κ2) is 5.95. The van der Waals surface area contributed by atoms with Gasteiger partial charge in [-0.25, -0.2) is 0 Å². The molecule has 0 aromatic heterocycles. The van der Waals surface area contributed by atoms with E-state index in [1.807, 2.05) is 0 Å². The number of ether oxygens (including phenoxy) is 2. The van der Waals surface area contributed by atoms with Gasteiger partial charge in [0.05, 0.1) is 25.9 Å². The molecule has 21 heavy (non-hydrogen) atoms. The van der Waals surface area contributed by atoms with Crippen molar-refractivity contribution in [2.24, 2.45) is 5.73 Å². The van der Waals surface area contributed by atoms with Crippen LogP contribution >= 0.6 is 0 Å². The van der Waals surface area contributed by atoms with Gasteiger partial charge in [-0.3, -0.25) is 4.90 Å². The first kappa shape index (κ1) is 14.8. The van der Waals surface area contributed by atoms with Gasteiger partial charge in [0.1, 0.15) is 5.75 Å². The van der Waals surface area contributed by atoms with E-state index in [4.69, 9.17) is 15.2 Å². The summed E-state index contributed by atoms with van der Waals surface area (Å²) in [6.07, 6.45) is 3.39. The Hall–Kier alpha value is -1.10. The highest BCUT2D eigenvalue weighted by Crippen LogP contribution is 2.44. The summed E-state index contributed by atoms with van der Waals surface area (Å²) in [6.45, 7) is 6.41. The Morgan fingerprint density at radius 2 is 2.10 bits per heavy atom. The smallest absolute Gasteiger partial charge is 0.122 e. The van der Waals surface area contributed by atoms with E-state index < -0.39 is 0 Å². The third-order valence-electron chi connectivity index (χ3n) is 5.13. The summed E-state index contributed by atoms with van der Waals surface area (Å²) in [5.41, 5.74) is 10.4. The summed E-state index contributed by atoms with van der Waals surface area (Å²) >= 11 is 0. The molecule has 3 rings (SSSR count). The number of hydrogen-bond acceptors (Lipinski definition) is 4. The number of nitrogens with zero attached hydrogens (tertiary/aromatic N) is 1. The summed E-state index contributed by atoms with van der Waals surface area (Å²) < 4.78 is 11.1. The van der Waals surface area contributed by atoms with E-state index in [-0.39, 0.29) is 5.54 Å². The molecule has 2 aliphatic rings. The lowest BCUT2D eigenvalue weighted by molar-refractivity contribution is -0.0290. The summed E-state index contributed by atoms with van der Waals surface area (Å²) in [5.74, 6) is 1.02. The molecule has 0 saturated carbocycles. The maximum Gasteiger partial charge on any atom is 0.122 e. The third-order valence-corrected chi connectivity index (χ3v) is 5.13. The molecule has 1 aliphatic heterocycles. The minimum absolute atomic E-state index is 0.0456. The van der Waals surface area contributed by atoms with Crippen LogP contribution in [0.1, 0.15) is 29.5 Å². The van der Waals surface area contributed by atoms with Gasteiger partial charge >= 0.3 is 0 Å². The van der Waals surface area contributed by atoms with Crippen LogP contribution in [0.3, 0.4) is 0 Å². The van der Waals surface area contributed by atoms with Gasteiger partial charge in [0.2, 0.25) is 0 Å². The average molecular weight is 290 g/mol. The van der Waals surface area contributed by atoms with Crippen LogP contribution in [0.2, 0.25) is 0 Å². The van der Waals surface area contributed by atoms with Crippen molar-refractivity contribution in [2.75, 3.05) is 40.0 Å². The molecule has 0 amide bonds. The fourth-order valence-corrected chi connectivity index (χ4v) is 4.16. The van der Waals surface area contributed by atoms with Crippen LogP contribution in [0.25, 0.3) is 0 Å². The van der Waals surface area contributed by atoms with Crippen LogP contribution in [0.15, 0.2) is 12.1 Å². The molecule has 0 spiro atoms. The van der Waals surface area contributed by atoms with Gasteiger partial charge in [0, 0.05) is 19.6 Å². The summed E-state index contributed by atoms with van der Waals surface area (Å²) in [5, 5.41) is 0. The number of hydrogen-bond donors (Lipinski definition) is 1. The maximum absolute atomic E-state index is 6.32. The Labute approximate surface area is 127 Å². The second-order valence-electron chi connectivity index (χ2n) is 6.13.